The molecule has 0 aromatic heterocycles. The summed E-state index contributed by atoms with van der Waals surface area (Å²) >= 11 is 0. The average Bonchev–Trinajstić information content (AvgIpc) is 2.62. The third kappa shape index (κ3) is 2.14. The van der Waals surface area contributed by atoms with E-state index in [4.69, 9.17) is 5.84 Å². The van der Waals surface area contributed by atoms with Crippen LogP contribution in [0.3, 0.4) is 0 Å². The van der Waals surface area contributed by atoms with Crippen molar-refractivity contribution in [3.8, 4) is 0 Å². The van der Waals surface area contributed by atoms with E-state index in [0.29, 0.717) is 18.7 Å². The molecule has 2 bridgehead atoms. The van der Waals surface area contributed by atoms with Gasteiger partial charge in [-0.3, -0.25) is 5.84 Å². The molecule has 2 aliphatic rings. The van der Waals surface area contributed by atoms with E-state index in [2.05, 4.69) is 0 Å². The molecule has 0 saturated carbocycles. The van der Waals surface area contributed by atoms with E-state index in [-0.39, 0.29) is 17.0 Å². The number of hydrogen-bond donors (Lipinski definition) is 1. The second-order valence-electron chi connectivity index (χ2n) is 5.61. The van der Waals surface area contributed by atoms with Crippen LogP contribution in [0.1, 0.15) is 18.4 Å². The van der Waals surface area contributed by atoms with E-state index in [1.807, 2.05) is 0 Å². The monoisotopic (exact) mass is 299 g/mol. The van der Waals surface area contributed by atoms with Crippen LogP contribution in [0, 0.1) is 12.7 Å². The molecular weight excluding hydrogens is 281 g/mol. The molecule has 0 aliphatic carbocycles. The number of nitrogens with zero attached hydrogens (tertiary/aromatic N) is 2. The number of piperazine rings is 1. The fourth-order valence-electron chi connectivity index (χ4n) is 3.22. The van der Waals surface area contributed by atoms with Crippen LogP contribution in [0.25, 0.3) is 0 Å². The molecular formula is C13H18FN3O2S. The van der Waals surface area contributed by atoms with Crippen LogP contribution in [0.5, 0.6) is 0 Å². The van der Waals surface area contributed by atoms with Gasteiger partial charge in [-0.05, 0) is 37.5 Å². The molecule has 20 heavy (non-hydrogen) atoms. The van der Waals surface area contributed by atoms with Crippen LogP contribution in [0.15, 0.2) is 23.1 Å². The molecule has 2 aliphatic heterocycles. The standard InChI is InChI=1S/C13H18FN3O2S/c1-9-2-5-13(12(14)6-9)20(18,19)17-10-3-4-11(17)8-16(15)7-10/h2,5-6,10-11H,3-4,7-8,15H2,1H3. The molecule has 2 saturated heterocycles. The number of hydrazine groups is 1. The molecule has 2 unspecified atom stereocenters. The second-order valence-corrected chi connectivity index (χ2v) is 7.42. The zero-order chi connectivity index (χ0) is 14.5. The summed E-state index contributed by atoms with van der Waals surface area (Å²) in [5.41, 5.74) is 0.705. The Morgan fingerprint density at radius 3 is 2.40 bits per heavy atom. The summed E-state index contributed by atoms with van der Waals surface area (Å²) in [6.07, 6.45) is 1.57. The summed E-state index contributed by atoms with van der Waals surface area (Å²) in [5, 5.41) is 1.65. The molecule has 5 nitrogen and oxygen atoms in total. The first-order valence-corrected chi connectivity index (χ1v) is 8.13. The number of hydrogen-bond acceptors (Lipinski definition) is 4. The zero-order valence-corrected chi connectivity index (χ0v) is 12.1. The maximum Gasteiger partial charge on any atom is 0.246 e. The van der Waals surface area contributed by atoms with Gasteiger partial charge in [-0.25, -0.2) is 17.8 Å². The predicted molar refractivity (Wildman–Crippen MR) is 72.7 cm³/mol. The summed E-state index contributed by atoms with van der Waals surface area (Å²) in [5.74, 6) is 5.11. The van der Waals surface area contributed by atoms with Gasteiger partial charge in [0.25, 0.3) is 0 Å². The Labute approximate surface area is 118 Å². The summed E-state index contributed by atoms with van der Waals surface area (Å²) < 4.78 is 40.9. The van der Waals surface area contributed by atoms with Crippen molar-refractivity contribution in [2.45, 2.75) is 36.7 Å². The largest absolute Gasteiger partial charge is 0.269 e. The molecule has 2 fully saturated rings. The number of rotatable bonds is 2. The van der Waals surface area contributed by atoms with Crippen molar-refractivity contribution in [2.24, 2.45) is 5.84 Å². The zero-order valence-electron chi connectivity index (χ0n) is 11.3. The lowest BCUT2D eigenvalue weighted by atomic mass is 10.2. The normalized spacial score (nSPS) is 27.9. The van der Waals surface area contributed by atoms with Crippen molar-refractivity contribution >= 4 is 10.0 Å². The van der Waals surface area contributed by atoms with Gasteiger partial charge in [-0.15, -0.1) is 0 Å². The molecule has 110 valence electrons. The van der Waals surface area contributed by atoms with Gasteiger partial charge in [0, 0.05) is 25.2 Å². The molecule has 1 aromatic carbocycles. The Morgan fingerprint density at radius 2 is 1.85 bits per heavy atom. The quantitative estimate of drug-likeness (QED) is 0.822. The van der Waals surface area contributed by atoms with E-state index in [9.17, 15) is 12.8 Å². The van der Waals surface area contributed by atoms with Gasteiger partial charge in [0.05, 0.1) is 0 Å². The highest BCUT2D eigenvalue weighted by Gasteiger charge is 2.46. The Bertz CT molecular complexity index is 621. The van der Waals surface area contributed by atoms with E-state index in [1.54, 1.807) is 18.0 Å². The SMILES string of the molecule is Cc1ccc(S(=O)(=O)N2C3CCC2CN(N)C3)c(F)c1. The van der Waals surface area contributed by atoms with Gasteiger partial charge < -0.3 is 0 Å². The van der Waals surface area contributed by atoms with Gasteiger partial charge in [0.15, 0.2) is 0 Å². The van der Waals surface area contributed by atoms with Crippen LogP contribution in [-0.2, 0) is 10.0 Å². The highest BCUT2D eigenvalue weighted by Crippen LogP contribution is 2.35. The molecule has 2 heterocycles. The molecule has 2 N–H and O–H groups in total. The van der Waals surface area contributed by atoms with E-state index in [1.165, 1.54) is 16.4 Å². The van der Waals surface area contributed by atoms with E-state index < -0.39 is 15.8 Å². The number of benzene rings is 1. The Kier molecular flexibility index (Phi) is 3.32. The minimum Gasteiger partial charge on any atom is -0.269 e. The second kappa shape index (κ2) is 4.77. The molecule has 2 atom stereocenters. The Morgan fingerprint density at radius 1 is 1.25 bits per heavy atom. The van der Waals surface area contributed by atoms with Crippen LogP contribution in [-0.4, -0.2) is 42.9 Å². The summed E-state index contributed by atoms with van der Waals surface area (Å²) in [7, 11) is -3.79. The van der Waals surface area contributed by atoms with Crippen molar-refractivity contribution in [1.82, 2.24) is 9.31 Å². The van der Waals surface area contributed by atoms with Crippen LogP contribution >= 0.6 is 0 Å². The first kappa shape index (κ1) is 13.9. The number of sulfonamides is 1. The fraction of sp³-hybridized carbons (Fsp3) is 0.538. The van der Waals surface area contributed by atoms with E-state index >= 15 is 0 Å². The van der Waals surface area contributed by atoms with Crippen LogP contribution < -0.4 is 5.84 Å². The van der Waals surface area contributed by atoms with Crippen LogP contribution in [0.4, 0.5) is 4.39 Å². The highest BCUT2D eigenvalue weighted by molar-refractivity contribution is 7.89. The van der Waals surface area contributed by atoms with Crippen molar-refractivity contribution in [3.05, 3.63) is 29.6 Å². The summed E-state index contributed by atoms with van der Waals surface area (Å²) in [4.78, 5) is -0.231. The molecule has 0 radical (unpaired) electrons. The maximum atomic E-state index is 14.0. The lowest BCUT2D eigenvalue weighted by Gasteiger charge is -2.37. The molecule has 7 heteroatoms. The summed E-state index contributed by atoms with van der Waals surface area (Å²) in [6, 6.07) is 3.94. The lowest BCUT2D eigenvalue weighted by Crippen LogP contribution is -2.57. The van der Waals surface area contributed by atoms with Gasteiger partial charge in [-0.2, -0.15) is 4.31 Å². The Balaban J connectivity index is 2.01. The van der Waals surface area contributed by atoms with Crippen molar-refractivity contribution in [1.29, 1.82) is 0 Å². The number of fused-ring (bicyclic) bond motifs is 2. The molecule has 0 amide bonds. The summed E-state index contributed by atoms with van der Waals surface area (Å²) in [6.45, 7) is 2.74. The minimum absolute atomic E-state index is 0.149. The van der Waals surface area contributed by atoms with Gasteiger partial charge in [0.2, 0.25) is 10.0 Å². The van der Waals surface area contributed by atoms with Crippen molar-refractivity contribution < 1.29 is 12.8 Å². The van der Waals surface area contributed by atoms with Crippen molar-refractivity contribution in [2.75, 3.05) is 13.1 Å². The number of halogens is 1. The smallest absolute Gasteiger partial charge is 0.246 e. The molecule has 3 rings (SSSR count). The first-order valence-electron chi connectivity index (χ1n) is 6.69. The lowest BCUT2D eigenvalue weighted by molar-refractivity contribution is 0.130. The third-order valence-corrected chi connectivity index (χ3v) is 6.12. The van der Waals surface area contributed by atoms with Gasteiger partial charge in [0.1, 0.15) is 10.7 Å². The minimum atomic E-state index is -3.79. The molecule has 1 aromatic rings. The average molecular weight is 299 g/mol. The van der Waals surface area contributed by atoms with Gasteiger partial charge >= 0.3 is 0 Å². The molecule has 0 spiro atoms. The van der Waals surface area contributed by atoms with Crippen LogP contribution in [0.2, 0.25) is 0 Å². The topological polar surface area (TPSA) is 66.6 Å². The number of nitrogens with two attached hydrogens (primary N) is 1. The highest BCUT2D eigenvalue weighted by atomic mass is 32.2. The first-order chi connectivity index (χ1) is 9.39. The van der Waals surface area contributed by atoms with Crippen molar-refractivity contribution in [3.63, 3.8) is 0 Å². The van der Waals surface area contributed by atoms with E-state index in [0.717, 1.165) is 12.8 Å². The predicted octanol–water partition coefficient (Wildman–Crippen LogP) is 0.845. The number of aryl methyl sites for hydroxylation is 1. The maximum absolute atomic E-state index is 14.0. The Hall–Kier alpha value is -1.02. The fourth-order valence-corrected chi connectivity index (χ4v) is 5.12. The van der Waals surface area contributed by atoms with Gasteiger partial charge in [-0.1, -0.05) is 6.07 Å². The third-order valence-electron chi connectivity index (χ3n) is 4.09.